The van der Waals surface area contributed by atoms with Crippen LogP contribution in [0.25, 0.3) is 53.5 Å². The van der Waals surface area contributed by atoms with Gasteiger partial charge in [-0.15, -0.1) is 11.3 Å². The lowest BCUT2D eigenvalue weighted by molar-refractivity contribution is 1.28. The number of aromatic nitrogens is 1. The molecule has 0 amide bonds. The van der Waals surface area contributed by atoms with Gasteiger partial charge in [-0.05, 0) is 112 Å². The molecule has 1 heterocycles. The van der Waals surface area contributed by atoms with Gasteiger partial charge in [-0.3, -0.25) is 0 Å². The van der Waals surface area contributed by atoms with Gasteiger partial charge in [0.15, 0.2) is 0 Å². The molecule has 0 bridgehead atoms. The molecule has 42 heavy (non-hydrogen) atoms. The monoisotopic (exact) mass is 554 g/mol. The van der Waals surface area contributed by atoms with E-state index in [0.29, 0.717) is 0 Å². The fraction of sp³-hybridized carbons (Fsp3) is 0. The van der Waals surface area contributed by atoms with Gasteiger partial charge < -0.3 is 4.90 Å². The van der Waals surface area contributed by atoms with Gasteiger partial charge in [0, 0.05) is 22.6 Å². The molecule has 0 aliphatic heterocycles. The van der Waals surface area contributed by atoms with Crippen molar-refractivity contribution in [1.29, 1.82) is 0 Å². The van der Waals surface area contributed by atoms with Crippen LogP contribution < -0.4 is 4.90 Å². The first-order valence-corrected chi connectivity index (χ1v) is 14.9. The van der Waals surface area contributed by atoms with Crippen LogP contribution in [-0.2, 0) is 0 Å². The summed E-state index contributed by atoms with van der Waals surface area (Å²) in [7, 11) is 0. The second-order valence-corrected chi connectivity index (χ2v) is 11.5. The quantitative estimate of drug-likeness (QED) is 0.197. The molecule has 2 nitrogen and oxygen atoms in total. The Kier molecular flexibility index (Phi) is 6.02. The van der Waals surface area contributed by atoms with Crippen molar-refractivity contribution in [3.8, 4) is 21.7 Å². The smallest absolute Gasteiger partial charge is 0.124 e. The maximum absolute atomic E-state index is 4.85. The molecule has 198 valence electrons. The normalized spacial score (nSPS) is 11.3. The van der Waals surface area contributed by atoms with Crippen LogP contribution in [0.4, 0.5) is 17.1 Å². The molecule has 7 aromatic carbocycles. The Balaban J connectivity index is 1.14. The highest BCUT2D eigenvalue weighted by atomic mass is 32.1. The first kappa shape index (κ1) is 24.5. The van der Waals surface area contributed by atoms with Gasteiger partial charge in [0.05, 0.1) is 10.2 Å². The number of para-hydroxylation sites is 2. The average molecular weight is 555 g/mol. The highest BCUT2D eigenvalue weighted by molar-refractivity contribution is 7.21. The molecule has 8 rings (SSSR count). The van der Waals surface area contributed by atoms with Gasteiger partial charge in [-0.2, -0.15) is 0 Å². The van der Waals surface area contributed by atoms with Crippen molar-refractivity contribution in [2.75, 3.05) is 4.90 Å². The number of fused-ring (bicyclic) bond motifs is 3. The van der Waals surface area contributed by atoms with Crippen molar-refractivity contribution in [1.82, 2.24) is 4.98 Å². The van der Waals surface area contributed by atoms with Crippen molar-refractivity contribution in [3.63, 3.8) is 0 Å². The summed E-state index contributed by atoms with van der Waals surface area (Å²) in [5.74, 6) is 0. The summed E-state index contributed by atoms with van der Waals surface area (Å²) in [6.07, 6.45) is 0. The fourth-order valence-electron chi connectivity index (χ4n) is 5.70. The molecule has 0 N–H and O–H groups in total. The zero-order chi connectivity index (χ0) is 27.9. The van der Waals surface area contributed by atoms with E-state index in [9.17, 15) is 0 Å². The van der Waals surface area contributed by atoms with Gasteiger partial charge in [0.1, 0.15) is 5.01 Å². The summed E-state index contributed by atoms with van der Waals surface area (Å²) in [5, 5.41) is 6.11. The van der Waals surface area contributed by atoms with E-state index >= 15 is 0 Å². The standard InChI is InChI=1S/C39H26N2S/c1-2-10-34(11-3-1)41(36-22-18-28(19-23-36)39-40-37-12-6-7-13-38(37)42-39)35-20-16-27(17-21-35)31-14-15-32-24-29-8-4-5-9-30(29)25-33(32)26-31/h1-26H. The molecule has 0 atom stereocenters. The summed E-state index contributed by atoms with van der Waals surface area (Å²) in [4.78, 5) is 7.15. The number of rotatable bonds is 5. The van der Waals surface area contributed by atoms with Crippen LogP contribution in [0.5, 0.6) is 0 Å². The Labute approximate surface area is 248 Å². The van der Waals surface area contributed by atoms with E-state index in [2.05, 4.69) is 157 Å². The second-order valence-electron chi connectivity index (χ2n) is 10.5. The molecule has 0 saturated heterocycles. The summed E-state index contributed by atoms with van der Waals surface area (Å²) in [6, 6.07) is 56.3. The maximum Gasteiger partial charge on any atom is 0.124 e. The second kappa shape index (κ2) is 10.3. The van der Waals surface area contributed by atoms with Crippen molar-refractivity contribution in [2.24, 2.45) is 0 Å². The van der Waals surface area contributed by atoms with E-state index in [1.807, 2.05) is 6.07 Å². The highest BCUT2D eigenvalue weighted by Gasteiger charge is 2.14. The van der Waals surface area contributed by atoms with Crippen LogP contribution in [0.1, 0.15) is 0 Å². The number of hydrogen-bond donors (Lipinski definition) is 0. The van der Waals surface area contributed by atoms with E-state index in [0.717, 1.165) is 33.1 Å². The average Bonchev–Trinajstić information content (AvgIpc) is 3.49. The Morgan fingerprint density at radius 3 is 1.67 bits per heavy atom. The van der Waals surface area contributed by atoms with Crippen molar-refractivity contribution >= 4 is 60.2 Å². The summed E-state index contributed by atoms with van der Waals surface area (Å²) in [6.45, 7) is 0. The third kappa shape index (κ3) is 4.50. The zero-order valence-electron chi connectivity index (χ0n) is 22.8. The number of anilines is 3. The molecule has 0 spiro atoms. The minimum Gasteiger partial charge on any atom is -0.311 e. The topological polar surface area (TPSA) is 16.1 Å². The molecule has 0 fully saturated rings. The van der Waals surface area contributed by atoms with Crippen LogP contribution >= 0.6 is 11.3 Å². The predicted octanol–water partition coefficient (Wildman–Crippen LogP) is 11.4. The van der Waals surface area contributed by atoms with E-state index in [1.165, 1.54) is 37.4 Å². The lowest BCUT2D eigenvalue weighted by atomic mass is 9.98. The third-order valence-corrected chi connectivity index (χ3v) is 8.93. The van der Waals surface area contributed by atoms with Crippen molar-refractivity contribution in [2.45, 2.75) is 0 Å². The van der Waals surface area contributed by atoms with Crippen molar-refractivity contribution in [3.05, 3.63) is 158 Å². The van der Waals surface area contributed by atoms with Crippen LogP contribution in [0.2, 0.25) is 0 Å². The molecule has 0 radical (unpaired) electrons. The van der Waals surface area contributed by atoms with E-state index < -0.39 is 0 Å². The molecule has 0 aliphatic carbocycles. The molecule has 8 aromatic rings. The van der Waals surface area contributed by atoms with Crippen LogP contribution in [0, 0.1) is 0 Å². The number of nitrogens with zero attached hydrogens (tertiary/aromatic N) is 2. The first-order valence-electron chi connectivity index (χ1n) is 14.1. The third-order valence-electron chi connectivity index (χ3n) is 7.84. The maximum atomic E-state index is 4.85. The minimum absolute atomic E-state index is 1.04. The summed E-state index contributed by atoms with van der Waals surface area (Å²) in [5.41, 5.74) is 7.94. The van der Waals surface area contributed by atoms with Gasteiger partial charge in [0.25, 0.3) is 0 Å². The number of hydrogen-bond acceptors (Lipinski definition) is 3. The van der Waals surface area contributed by atoms with E-state index in [-0.39, 0.29) is 0 Å². The number of thiazole rings is 1. The molecule has 3 heteroatoms. The van der Waals surface area contributed by atoms with Gasteiger partial charge in [0.2, 0.25) is 0 Å². The first-order chi connectivity index (χ1) is 20.8. The van der Waals surface area contributed by atoms with E-state index in [1.54, 1.807) is 11.3 Å². The predicted molar refractivity (Wildman–Crippen MR) is 180 cm³/mol. The fourth-order valence-corrected chi connectivity index (χ4v) is 6.67. The lowest BCUT2D eigenvalue weighted by Gasteiger charge is -2.25. The van der Waals surface area contributed by atoms with Crippen LogP contribution in [0.3, 0.4) is 0 Å². The minimum atomic E-state index is 1.04. The molecule has 0 aliphatic rings. The van der Waals surface area contributed by atoms with Crippen LogP contribution in [0.15, 0.2) is 158 Å². The van der Waals surface area contributed by atoms with Gasteiger partial charge in [-0.1, -0.05) is 78.9 Å². The Morgan fingerprint density at radius 1 is 0.405 bits per heavy atom. The highest BCUT2D eigenvalue weighted by Crippen LogP contribution is 2.38. The Bertz CT molecular complexity index is 2150. The SMILES string of the molecule is c1ccc(N(c2ccc(-c3ccc4cc5ccccc5cc4c3)cc2)c2ccc(-c3nc4ccccc4s3)cc2)cc1. The Morgan fingerprint density at radius 2 is 0.952 bits per heavy atom. The molecule has 0 unspecified atom stereocenters. The van der Waals surface area contributed by atoms with Crippen LogP contribution in [-0.4, -0.2) is 4.98 Å². The summed E-state index contributed by atoms with van der Waals surface area (Å²) < 4.78 is 1.21. The van der Waals surface area contributed by atoms with Gasteiger partial charge in [-0.25, -0.2) is 4.98 Å². The molecular weight excluding hydrogens is 529 g/mol. The number of benzene rings is 7. The Hall–Kier alpha value is -5.25. The largest absolute Gasteiger partial charge is 0.311 e. The molecule has 1 aromatic heterocycles. The summed E-state index contributed by atoms with van der Waals surface area (Å²) >= 11 is 1.73. The zero-order valence-corrected chi connectivity index (χ0v) is 23.6. The van der Waals surface area contributed by atoms with E-state index in [4.69, 9.17) is 4.98 Å². The van der Waals surface area contributed by atoms with Gasteiger partial charge >= 0.3 is 0 Å². The lowest BCUT2D eigenvalue weighted by Crippen LogP contribution is -2.09. The molecular formula is C39H26N2S. The van der Waals surface area contributed by atoms with Crippen molar-refractivity contribution < 1.29 is 0 Å². The molecule has 0 saturated carbocycles.